The summed E-state index contributed by atoms with van der Waals surface area (Å²) in [6, 6.07) is 7.02. The van der Waals surface area contributed by atoms with E-state index >= 15 is 0 Å². The second-order valence-corrected chi connectivity index (χ2v) is 7.11. The first-order valence-corrected chi connectivity index (χ1v) is 9.99. The van der Waals surface area contributed by atoms with E-state index in [1.54, 1.807) is 31.2 Å². The lowest BCUT2D eigenvalue weighted by molar-refractivity contribution is -0.145. The van der Waals surface area contributed by atoms with Crippen molar-refractivity contribution >= 4 is 23.4 Å². The van der Waals surface area contributed by atoms with Gasteiger partial charge in [-0.1, -0.05) is 0 Å². The Balaban J connectivity index is 1.62. The van der Waals surface area contributed by atoms with Gasteiger partial charge in [-0.3, -0.25) is 15.0 Å². The van der Waals surface area contributed by atoms with Crippen molar-refractivity contribution in [2.75, 3.05) is 31.6 Å². The summed E-state index contributed by atoms with van der Waals surface area (Å²) in [5.74, 6) is -0.405. The number of hydrogen-bond acceptors (Lipinski definition) is 9. The highest BCUT2D eigenvalue weighted by Crippen LogP contribution is 2.15. The average Bonchev–Trinajstić information content (AvgIpc) is 2.78. The van der Waals surface area contributed by atoms with Gasteiger partial charge in [0.05, 0.1) is 25.0 Å². The molecular weight excluding hydrogens is 402 g/mol. The van der Waals surface area contributed by atoms with Crippen molar-refractivity contribution in [2.45, 2.75) is 32.8 Å². The smallest absolute Gasteiger partial charge is 0.302 e. The fraction of sp³-hybridized carbons (Fsp3) is 0.450. The molecule has 1 aliphatic rings. The van der Waals surface area contributed by atoms with Crippen LogP contribution in [-0.2, 0) is 20.7 Å². The number of aryl methyl sites for hydroxylation is 1. The Hall–Kier alpha value is -3.47. The molecule has 1 fully saturated rings. The summed E-state index contributed by atoms with van der Waals surface area (Å²) in [5.41, 5.74) is 1.75. The Morgan fingerprint density at radius 3 is 2.55 bits per heavy atom. The van der Waals surface area contributed by atoms with Gasteiger partial charge in [0, 0.05) is 31.3 Å². The third-order valence-electron chi connectivity index (χ3n) is 4.74. The van der Waals surface area contributed by atoms with E-state index in [-0.39, 0.29) is 17.8 Å². The predicted molar refractivity (Wildman–Crippen MR) is 111 cm³/mol. The topological polar surface area (TPSA) is 143 Å². The minimum atomic E-state index is -0.464. The Labute approximate surface area is 179 Å². The summed E-state index contributed by atoms with van der Waals surface area (Å²) in [7, 11) is 0. The third-order valence-corrected chi connectivity index (χ3v) is 4.74. The number of amidine groups is 1. The first-order chi connectivity index (χ1) is 14.9. The molecule has 0 spiro atoms. The molecule has 1 saturated heterocycles. The third kappa shape index (κ3) is 6.25. The largest absolute Gasteiger partial charge is 0.463 e. The van der Waals surface area contributed by atoms with Crippen LogP contribution in [0.3, 0.4) is 0 Å². The van der Waals surface area contributed by atoms with Crippen LogP contribution in [-0.4, -0.2) is 75.6 Å². The van der Waals surface area contributed by atoms with Gasteiger partial charge in [-0.05, 0) is 54.5 Å². The fourth-order valence-electron chi connectivity index (χ4n) is 3.14. The van der Waals surface area contributed by atoms with Gasteiger partial charge in [0.2, 0.25) is 0 Å². The number of carbonyl (C=O) groups excluding carboxylic acids is 2. The fourth-order valence-corrected chi connectivity index (χ4v) is 3.14. The van der Waals surface area contributed by atoms with Crippen LogP contribution in [0.1, 0.15) is 42.0 Å². The second kappa shape index (κ2) is 10.5. The van der Waals surface area contributed by atoms with E-state index in [1.807, 2.05) is 4.90 Å². The molecule has 0 saturated carbocycles. The maximum Gasteiger partial charge on any atom is 0.302 e. The molecule has 1 aliphatic heterocycles. The number of esters is 1. The highest BCUT2D eigenvalue weighted by molar-refractivity contribution is 6.04. The van der Waals surface area contributed by atoms with Crippen molar-refractivity contribution in [2.24, 2.45) is 0 Å². The maximum absolute atomic E-state index is 12.7. The molecule has 31 heavy (non-hydrogen) atoms. The number of carbonyl (C=O) groups is 2. The lowest BCUT2D eigenvalue weighted by Crippen LogP contribution is -2.40. The number of aromatic nitrogens is 4. The van der Waals surface area contributed by atoms with E-state index in [4.69, 9.17) is 14.9 Å². The van der Waals surface area contributed by atoms with Gasteiger partial charge in [0.25, 0.3) is 5.91 Å². The van der Waals surface area contributed by atoms with Crippen molar-refractivity contribution in [3.8, 4) is 0 Å². The molecule has 0 bridgehead atoms. The number of rotatable bonds is 7. The van der Waals surface area contributed by atoms with E-state index in [1.165, 1.54) is 6.92 Å². The van der Waals surface area contributed by atoms with E-state index < -0.39 is 5.91 Å². The molecule has 1 atom stereocenters. The van der Waals surface area contributed by atoms with E-state index in [9.17, 15) is 9.59 Å². The summed E-state index contributed by atoms with van der Waals surface area (Å²) in [6.07, 6.45) is 0.506. The van der Waals surface area contributed by atoms with Gasteiger partial charge in [-0.25, -0.2) is 0 Å². The lowest BCUT2D eigenvalue weighted by Gasteiger charge is -2.29. The summed E-state index contributed by atoms with van der Waals surface area (Å²) in [5, 5.41) is 25.8. The van der Waals surface area contributed by atoms with Crippen LogP contribution in [0.5, 0.6) is 0 Å². The van der Waals surface area contributed by atoms with E-state index in [0.29, 0.717) is 56.4 Å². The normalized spacial score (nSPS) is 14.6. The molecule has 0 radical (unpaired) electrons. The molecule has 2 aromatic rings. The minimum Gasteiger partial charge on any atom is -0.463 e. The van der Waals surface area contributed by atoms with Crippen molar-refractivity contribution in [1.82, 2.24) is 25.5 Å². The molecular formula is C20H25N7O4. The number of nitrogens with zero attached hydrogens (tertiary/aromatic N) is 5. The van der Waals surface area contributed by atoms with Gasteiger partial charge in [-0.2, -0.15) is 0 Å². The van der Waals surface area contributed by atoms with E-state index in [0.717, 1.165) is 5.56 Å². The van der Waals surface area contributed by atoms with Crippen LogP contribution in [0, 0.1) is 5.41 Å². The minimum absolute atomic E-state index is 0.0650. The predicted octanol–water partition coefficient (Wildman–Crippen LogP) is 1.06. The van der Waals surface area contributed by atoms with Gasteiger partial charge >= 0.3 is 5.97 Å². The molecule has 1 aromatic carbocycles. The summed E-state index contributed by atoms with van der Waals surface area (Å²) >= 11 is 0. The van der Waals surface area contributed by atoms with Gasteiger partial charge < -0.3 is 19.7 Å². The highest BCUT2D eigenvalue weighted by Gasteiger charge is 2.19. The van der Waals surface area contributed by atoms with Crippen molar-refractivity contribution in [3.63, 3.8) is 0 Å². The molecule has 3 rings (SSSR count). The molecule has 0 aliphatic carbocycles. The van der Waals surface area contributed by atoms with Gasteiger partial charge in [0.1, 0.15) is 5.84 Å². The molecule has 1 aromatic heterocycles. The SMILES string of the molecule is CC(=O)OC(C)CCc1nnnnc1C(=O)Nc1ccc(C(=N)N2CCOCC2)cc1. The van der Waals surface area contributed by atoms with Crippen LogP contribution in [0.2, 0.25) is 0 Å². The highest BCUT2D eigenvalue weighted by atomic mass is 16.5. The Kier molecular flexibility index (Phi) is 7.55. The van der Waals surface area contributed by atoms with Crippen molar-refractivity contribution in [1.29, 1.82) is 5.41 Å². The number of morpholine rings is 1. The number of benzene rings is 1. The monoisotopic (exact) mass is 427 g/mol. The summed E-state index contributed by atoms with van der Waals surface area (Å²) in [4.78, 5) is 25.7. The van der Waals surface area contributed by atoms with Crippen molar-refractivity contribution < 1.29 is 19.1 Å². The zero-order valence-corrected chi connectivity index (χ0v) is 17.5. The van der Waals surface area contributed by atoms with Crippen LogP contribution in [0.15, 0.2) is 24.3 Å². The first-order valence-electron chi connectivity index (χ1n) is 9.99. The lowest BCUT2D eigenvalue weighted by atomic mass is 10.1. The Morgan fingerprint density at radius 1 is 1.19 bits per heavy atom. The zero-order chi connectivity index (χ0) is 22.2. The molecule has 11 nitrogen and oxygen atoms in total. The number of nitrogens with one attached hydrogen (secondary N) is 2. The number of amides is 1. The molecule has 2 N–H and O–H groups in total. The number of hydrogen-bond donors (Lipinski definition) is 2. The zero-order valence-electron chi connectivity index (χ0n) is 17.5. The summed E-state index contributed by atoms with van der Waals surface area (Å²) < 4.78 is 10.4. The molecule has 2 heterocycles. The molecule has 11 heteroatoms. The van der Waals surface area contributed by atoms with Gasteiger partial charge in [-0.15, -0.1) is 10.2 Å². The molecule has 1 unspecified atom stereocenters. The first kappa shape index (κ1) is 22.2. The summed E-state index contributed by atoms with van der Waals surface area (Å²) in [6.45, 7) is 5.70. The van der Waals surface area contributed by atoms with Crippen LogP contribution in [0.25, 0.3) is 0 Å². The molecule has 164 valence electrons. The number of anilines is 1. The van der Waals surface area contributed by atoms with Crippen LogP contribution >= 0.6 is 0 Å². The molecule has 1 amide bonds. The van der Waals surface area contributed by atoms with Crippen molar-refractivity contribution in [3.05, 3.63) is 41.2 Å². The second-order valence-electron chi connectivity index (χ2n) is 7.11. The quantitative estimate of drug-likeness (QED) is 0.376. The van der Waals surface area contributed by atoms with Crippen LogP contribution < -0.4 is 5.32 Å². The Morgan fingerprint density at radius 2 is 1.87 bits per heavy atom. The van der Waals surface area contributed by atoms with E-state index in [2.05, 4.69) is 25.9 Å². The van der Waals surface area contributed by atoms with Crippen LogP contribution in [0.4, 0.5) is 5.69 Å². The number of ether oxygens (including phenoxy) is 2. The average molecular weight is 427 g/mol. The standard InChI is InChI=1S/C20H25N7O4/c1-13(31-14(2)28)3-8-17-18(24-26-25-23-17)20(29)22-16-6-4-15(5-7-16)19(21)27-9-11-30-12-10-27/h4-7,13,21H,3,8-12H2,1-2H3,(H,22,29). The van der Waals surface area contributed by atoms with Gasteiger partial charge in [0.15, 0.2) is 5.69 Å². The maximum atomic E-state index is 12.7. The Bertz CT molecular complexity index is 929.